The molecule has 0 rings (SSSR count). The van der Waals surface area contributed by atoms with Gasteiger partial charge in [-0.3, -0.25) is 14.2 Å². The Hall–Kier alpha value is -0.990. The zero-order valence-corrected chi connectivity index (χ0v) is 44.2. The number of ether oxygens (including phenoxy) is 2. The minimum Gasteiger partial charge on any atom is -0.756 e. The monoisotopic (exact) mass is 930 g/mol. The Kier molecular flexibility index (Phi) is 46.4. The van der Waals surface area contributed by atoms with Crippen molar-refractivity contribution < 1.29 is 42.1 Å². The molecule has 0 saturated heterocycles. The van der Waals surface area contributed by atoms with Crippen LogP contribution in [-0.4, -0.2) is 70.0 Å². The van der Waals surface area contributed by atoms with Gasteiger partial charge in [-0.15, -0.1) is 0 Å². The minimum atomic E-state index is -4.62. The van der Waals surface area contributed by atoms with E-state index >= 15 is 0 Å². The highest BCUT2D eigenvalue weighted by atomic mass is 31.2. The summed E-state index contributed by atoms with van der Waals surface area (Å²) in [4.78, 5) is 37.8. The van der Waals surface area contributed by atoms with Gasteiger partial charge in [0.15, 0.2) is 6.10 Å². The SMILES string of the molecule is CCCCCCCCCCCCCCCCCCCCCCC(=O)OCC(COP(=O)([O-])OCC[N+](C)(C)C)OC(=O)CCCCCCCCCCCCCCCCCCCCCC. The van der Waals surface area contributed by atoms with Crippen molar-refractivity contribution in [3.63, 3.8) is 0 Å². The fourth-order valence-electron chi connectivity index (χ4n) is 8.31. The quantitative estimate of drug-likeness (QED) is 0.0257. The second-order valence-corrected chi connectivity index (χ2v) is 21.7. The second-order valence-electron chi connectivity index (χ2n) is 20.3. The van der Waals surface area contributed by atoms with Gasteiger partial charge in [-0.25, -0.2) is 0 Å². The second kappa shape index (κ2) is 47.1. The molecule has 10 heteroatoms. The standard InChI is InChI=1S/C54H108NO8P/c1-6-8-10-12-14-16-18-20-22-24-26-28-30-32-34-36-38-40-42-44-46-53(56)60-50-52(51-62-64(58,59)61-49-48-55(3,4)5)63-54(57)47-45-43-41-39-37-35-33-31-29-27-25-23-21-19-17-15-13-11-9-7-2/h52H,6-51H2,1-5H3. The van der Waals surface area contributed by atoms with Crippen LogP contribution in [0.25, 0.3) is 0 Å². The third-order valence-corrected chi connectivity index (χ3v) is 13.6. The number of hydrogen-bond acceptors (Lipinski definition) is 8. The first-order chi connectivity index (χ1) is 31.0. The number of hydrogen-bond donors (Lipinski definition) is 0. The Labute approximate surface area is 397 Å². The molecule has 0 aliphatic rings. The summed E-state index contributed by atoms with van der Waals surface area (Å²) in [5.74, 6) is -0.810. The molecule has 2 unspecified atom stereocenters. The number of carbonyl (C=O) groups is 2. The summed E-state index contributed by atoms with van der Waals surface area (Å²) in [6.45, 7) is 4.31. The predicted octanol–water partition coefficient (Wildman–Crippen LogP) is 16.1. The van der Waals surface area contributed by atoms with Crippen LogP contribution in [-0.2, 0) is 32.7 Å². The first-order valence-corrected chi connectivity index (χ1v) is 29.2. The molecule has 0 N–H and O–H groups in total. The molecular formula is C54H108NO8P. The van der Waals surface area contributed by atoms with Crippen molar-refractivity contribution in [1.82, 2.24) is 0 Å². The maximum Gasteiger partial charge on any atom is 0.306 e. The number of phosphoric acid groups is 1. The first kappa shape index (κ1) is 63.0. The van der Waals surface area contributed by atoms with Gasteiger partial charge < -0.3 is 27.9 Å². The smallest absolute Gasteiger partial charge is 0.306 e. The molecule has 0 heterocycles. The van der Waals surface area contributed by atoms with E-state index in [0.29, 0.717) is 17.4 Å². The summed E-state index contributed by atoms with van der Waals surface area (Å²) in [7, 11) is 1.19. The number of carbonyl (C=O) groups excluding carboxylic acids is 2. The van der Waals surface area contributed by atoms with Crippen LogP contribution in [0.5, 0.6) is 0 Å². The molecule has 0 amide bonds. The fraction of sp³-hybridized carbons (Fsp3) is 0.963. The predicted molar refractivity (Wildman–Crippen MR) is 269 cm³/mol. The van der Waals surface area contributed by atoms with Crippen molar-refractivity contribution in [2.75, 3.05) is 47.5 Å². The average Bonchev–Trinajstić information content (AvgIpc) is 3.25. The summed E-state index contributed by atoms with van der Waals surface area (Å²) in [5.41, 5.74) is 0. The van der Waals surface area contributed by atoms with Crippen LogP contribution in [0.3, 0.4) is 0 Å². The normalized spacial score (nSPS) is 13.3. The largest absolute Gasteiger partial charge is 0.756 e. The third-order valence-electron chi connectivity index (χ3n) is 12.6. The maximum absolute atomic E-state index is 12.8. The van der Waals surface area contributed by atoms with Gasteiger partial charge in [-0.05, 0) is 12.8 Å². The van der Waals surface area contributed by atoms with Crippen molar-refractivity contribution in [3.8, 4) is 0 Å². The Morgan fingerprint density at radius 2 is 0.703 bits per heavy atom. The van der Waals surface area contributed by atoms with E-state index in [4.69, 9.17) is 18.5 Å². The number of rotatable bonds is 52. The van der Waals surface area contributed by atoms with Crippen LogP contribution < -0.4 is 4.89 Å². The van der Waals surface area contributed by atoms with E-state index < -0.39 is 26.5 Å². The Morgan fingerprint density at radius 1 is 0.422 bits per heavy atom. The number of nitrogens with zero attached hydrogens (tertiary/aromatic N) is 1. The fourth-order valence-corrected chi connectivity index (χ4v) is 9.03. The molecule has 64 heavy (non-hydrogen) atoms. The van der Waals surface area contributed by atoms with Crippen molar-refractivity contribution in [2.24, 2.45) is 0 Å². The van der Waals surface area contributed by atoms with Gasteiger partial charge in [-0.1, -0.05) is 258 Å². The number of esters is 2. The Morgan fingerprint density at radius 3 is 1.00 bits per heavy atom. The number of likely N-dealkylation sites (N-methyl/N-ethyl adjacent to an activating group) is 1. The van der Waals surface area contributed by atoms with Crippen LogP contribution in [0.1, 0.15) is 284 Å². The topological polar surface area (TPSA) is 111 Å². The van der Waals surface area contributed by atoms with E-state index in [2.05, 4.69) is 13.8 Å². The van der Waals surface area contributed by atoms with E-state index in [9.17, 15) is 19.0 Å². The molecule has 2 atom stereocenters. The lowest BCUT2D eigenvalue weighted by molar-refractivity contribution is -0.870. The van der Waals surface area contributed by atoms with Gasteiger partial charge in [-0.2, -0.15) is 0 Å². The van der Waals surface area contributed by atoms with Gasteiger partial charge >= 0.3 is 11.9 Å². The zero-order chi connectivity index (χ0) is 47.1. The van der Waals surface area contributed by atoms with Crippen LogP contribution in [0.4, 0.5) is 0 Å². The Balaban J connectivity index is 4.14. The molecule has 9 nitrogen and oxygen atoms in total. The van der Waals surface area contributed by atoms with E-state index in [0.717, 1.165) is 32.1 Å². The highest BCUT2D eigenvalue weighted by molar-refractivity contribution is 7.45. The molecule has 0 aromatic heterocycles. The van der Waals surface area contributed by atoms with Crippen LogP contribution >= 0.6 is 7.82 Å². The van der Waals surface area contributed by atoms with Crippen molar-refractivity contribution in [1.29, 1.82) is 0 Å². The first-order valence-electron chi connectivity index (χ1n) is 27.7. The third kappa shape index (κ3) is 50.4. The maximum atomic E-state index is 12.8. The summed E-state index contributed by atoms with van der Waals surface area (Å²) in [5, 5.41) is 0. The molecule has 0 spiro atoms. The molecule has 0 bridgehead atoms. The number of phosphoric ester groups is 1. The molecule has 0 aromatic rings. The average molecular weight is 930 g/mol. The summed E-state index contributed by atoms with van der Waals surface area (Å²) in [6, 6.07) is 0. The lowest BCUT2D eigenvalue weighted by atomic mass is 10.0. The van der Waals surface area contributed by atoms with E-state index in [1.54, 1.807) is 0 Å². The van der Waals surface area contributed by atoms with Crippen LogP contribution in [0.2, 0.25) is 0 Å². The van der Waals surface area contributed by atoms with E-state index in [-0.39, 0.29) is 32.0 Å². The van der Waals surface area contributed by atoms with Crippen molar-refractivity contribution >= 4 is 19.8 Å². The van der Waals surface area contributed by atoms with E-state index in [1.165, 1.54) is 218 Å². The molecule has 0 saturated carbocycles. The van der Waals surface area contributed by atoms with Gasteiger partial charge in [0.25, 0.3) is 7.82 Å². The summed E-state index contributed by atoms with van der Waals surface area (Å²) < 4.78 is 34.1. The number of unbranched alkanes of at least 4 members (excludes halogenated alkanes) is 38. The van der Waals surface area contributed by atoms with Crippen LogP contribution in [0, 0.1) is 0 Å². The van der Waals surface area contributed by atoms with Crippen molar-refractivity contribution in [2.45, 2.75) is 290 Å². The van der Waals surface area contributed by atoms with Crippen LogP contribution in [0.15, 0.2) is 0 Å². The molecule has 382 valence electrons. The highest BCUT2D eigenvalue weighted by Gasteiger charge is 2.22. The lowest BCUT2D eigenvalue weighted by Crippen LogP contribution is -2.37. The molecular weight excluding hydrogens is 822 g/mol. The molecule has 0 aliphatic heterocycles. The van der Waals surface area contributed by atoms with Crippen molar-refractivity contribution in [3.05, 3.63) is 0 Å². The van der Waals surface area contributed by atoms with Gasteiger partial charge in [0, 0.05) is 12.8 Å². The molecule has 0 aliphatic carbocycles. The van der Waals surface area contributed by atoms with Gasteiger partial charge in [0.1, 0.15) is 19.8 Å². The van der Waals surface area contributed by atoms with Gasteiger partial charge in [0.2, 0.25) is 0 Å². The Bertz CT molecular complexity index is 1050. The molecule has 0 fully saturated rings. The molecule has 0 radical (unpaired) electrons. The summed E-state index contributed by atoms with van der Waals surface area (Å²) in [6.07, 6.45) is 51.4. The molecule has 0 aromatic carbocycles. The van der Waals surface area contributed by atoms with E-state index in [1.807, 2.05) is 21.1 Å². The number of quaternary nitrogens is 1. The lowest BCUT2D eigenvalue weighted by Gasteiger charge is -2.28. The highest BCUT2D eigenvalue weighted by Crippen LogP contribution is 2.38. The minimum absolute atomic E-state index is 0.0252. The summed E-state index contributed by atoms with van der Waals surface area (Å²) >= 11 is 0. The van der Waals surface area contributed by atoms with Gasteiger partial charge in [0.05, 0.1) is 27.7 Å². The zero-order valence-electron chi connectivity index (χ0n) is 43.3.